The van der Waals surface area contributed by atoms with Gasteiger partial charge in [-0.3, -0.25) is 37.3 Å². The lowest BCUT2D eigenvalue weighted by Gasteiger charge is -2.21. The molecule has 0 bridgehead atoms. The first-order valence-electron chi connectivity index (χ1n) is 41.0. The van der Waals surface area contributed by atoms with Crippen molar-refractivity contribution in [3.63, 3.8) is 0 Å². The zero-order chi connectivity index (χ0) is 72.1. The number of esters is 4. The SMILES string of the molecule is CCCCCCCCCCCCCCCCCCCCCCCC(=O)O[C@H](COC(=O)CCCCCCCCCCCCCCC)COP(=O)(O)OC[C@@H](O)COP(=O)(O)OC[C@@H](COC(=O)CCCCCCCCCCC(C)CC)OC(=O)CCCCCCCCCCCC(C)C. The van der Waals surface area contributed by atoms with Crippen LogP contribution in [-0.2, 0) is 65.4 Å². The number of aliphatic hydroxyl groups is 1. The lowest BCUT2D eigenvalue weighted by Crippen LogP contribution is -2.30. The molecule has 0 aliphatic rings. The molecule has 98 heavy (non-hydrogen) atoms. The Morgan fingerprint density at radius 3 is 0.776 bits per heavy atom. The average Bonchev–Trinajstić information content (AvgIpc) is 1.23. The Labute approximate surface area is 600 Å². The van der Waals surface area contributed by atoms with Crippen LogP contribution in [0.4, 0.5) is 0 Å². The molecule has 19 heteroatoms. The van der Waals surface area contributed by atoms with Crippen molar-refractivity contribution in [3.8, 4) is 0 Å². The molecule has 0 aromatic carbocycles. The van der Waals surface area contributed by atoms with Crippen molar-refractivity contribution < 1.29 is 80.2 Å². The van der Waals surface area contributed by atoms with E-state index >= 15 is 0 Å². The number of carbonyl (C=O) groups is 4. The average molecular weight is 1440 g/mol. The lowest BCUT2D eigenvalue weighted by atomic mass is 9.99. The Kier molecular flexibility index (Phi) is 69.3. The summed E-state index contributed by atoms with van der Waals surface area (Å²) >= 11 is 0. The van der Waals surface area contributed by atoms with Crippen molar-refractivity contribution in [3.05, 3.63) is 0 Å². The van der Waals surface area contributed by atoms with Crippen molar-refractivity contribution >= 4 is 39.5 Å². The minimum absolute atomic E-state index is 0.105. The fraction of sp³-hybridized carbons (Fsp3) is 0.949. The number of phosphoric acid groups is 2. The van der Waals surface area contributed by atoms with Crippen LogP contribution in [0.3, 0.4) is 0 Å². The predicted molar refractivity (Wildman–Crippen MR) is 400 cm³/mol. The predicted octanol–water partition coefficient (Wildman–Crippen LogP) is 23.5. The molecule has 0 rings (SSSR count). The third-order valence-corrected chi connectivity index (χ3v) is 20.7. The summed E-state index contributed by atoms with van der Waals surface area (Å²) < 4.78 is 68.6. The van der Waals surface area contributed by atoms with Gasteiger partial charge in [-0.2, -0.15) is 0 Å². The number of aliphatic hydroxyl groups excluding tert-OH is 1. The zero-order valence-corrected chi connectivity index (χ0v) is 65.9. The van der Waals surface area contributed by atoms with E-state index in [4.69, 9.17) is 37.0 Å². The first-order chi connectivity index (χ1) is 47.4. The molecule has 582 valence electrons. The highest BCUT2D eigenvalue weighted by molar-refractivity contribution is 7.47. The molecule has 0 amide bonds. The second-order valence-corrected chi connectivity index (χ2v) is 32.1. The highest BCUT2D eigenvalue weighted by atomic mass is 31.2. The summed E-state index contributed by atoms with van der Waals surface area (Å²) in [5, 5.41) is 10.6. The van der Waals surface area contributed by atoms with Gasteiger partial charge in [-0.1, -0.05) is 363 Å². The van der Waals surface area contributed by atoms with Gasteiger partial charge in [0.15, 0.2) is 12.2 Å². The minimum atomic E-state index is -4.96. The van der Waals surface area contributed by atoms with Crippen molar-refractivity contribution in [2.45, 2.75) is 432 Å². The fourth-order valence-corrected chi connectivity index (χ4v) is 13.7. The van der Waals surface area contributed by atoms with Crippen LogP contribution in [0, 0.1) is 11.8 Å². The number of rotatable bonds is 78. The number of carbonyl (C=O) groups excluding carboxylic acids is 4. The van der Waals surface area contributed by atoms with Gasteiger partial charge in [0.1, 0.15) is 19.3 Å². The fourth-order valence-electron chi connectivity index (χ4n) is 12.2. The van der Waals surface area contributed by atoms with E-state index in [-0.39, 0.29) is 25.7 Å². The summed E-state index contributed by atoms with van der Waals surface area (Å²) in [6.07, 6.45) is 59.7. The maximum absolute atomic E-state index is 13.1. The Bertz CT molecular complexity index is 1890. The van der Waals surface area contributed by atoms with Crippen molar-refractivity contribution in [2.24, 2.45) is 11.8 Å². The topological polar surface area (TPSA) is 237 Å². The van der Waals surface area contributed by atoms with Gasteiger partial charge in [-0.05, 0) is 37.5 Å². The molecule has 0 saturated carbocycles. The summed E-state index contributed by atoms with van der Waals surface area (Å²) in [5.41, 5.74) is 0. The molecule has 0 aromatic rings. The summed E-state index contributed by atoms with van der Waals surface area (Å²) in [4.78, 5) is 72.9. The molecule has 0 saturated heterocycles. The van der Waals surface area contributed by atoms with E-state index < -0.39 is 97.5 Å². The molecule has 17 nitrogen and oxygen atoms in total. The van der Waals surface area contributed by atoms with Gasteiger partial charge in [0.2, 0.25) is 0 Å². The van der Waals surface area contributed by atoms with Gasteiger partial charge in [0.05, 0.1) is 26.4 Å². The van der Waals surface area contributed by atoms with E-state index in [1.54, 1.807) is 0 Å². The number of unbranched alkanes of at least 4 members (excludes halogenated alkanes) is 47. The van der Waals surface area contributed by atoms with E-state index in [0.717, 1.165) is 102 Å². The van der Waals surface area contributed by atoms with Crippen molar-refractivity contribution in [1.29, 1.82) is 0 Å². The monoisotopic (exact) mass is 1440 g/mol. The van der Waals surface area contributed by atoms with Crippen LogP contribution in [0.25, 0.3) is 0 Å². The maximum atomic E-state index is 13.1. The zero-order valence-electron chi connectivity index (χ0n) is 64.1. The van der Waals surface area contributed by atoms with Crippen LogP contribution in [0.2, 0.25) is 0 Å². The summed E-state index contributed by atoms with van der Waals surface area (Å²) in [6, 6.07) is 0. The summed E-state index contributed by atoms with van der Waals surface area (Å²) in [7, 11) is -9.92. The van der Waals surface area contributed by atoms with E-state index in [0.29, 0.717) is 25.7 Å². The second kappa shape index (κ2) is 70.7. The van der Waals surface area contributed by atoms with E-state index in [2.05, 4.69) is 41.5 Å². The largest absolute Gasteiger partial charge is 0.472 e. The number of ether oxygens (including phenoxy) is 4. The summed E-state index contributed by atoms with van der Waals surface area (Å²) in [5.74, 6) is -0.599. The highest BCUT2D eigenvalue weighted by Crippen LogP contribution is 2.45. The van der Waals surface area contributed by atoms with Crippen molar-refractivity contribution in [1.82, 2.24) is 0 Å². The Morgan fingerprint density at radius 2 is 0.520 bits per heavy atom. The van der Waals surface area contributed by atoms with Gasteiger partial charge >= 0.3 is 39.5 Å². The number of hydrogen-bond acceptors (Lipinski definition) is 15. The minimum Gasteiger partial charge on any atom is -0.462 e. The third kappa shape index (κ3) is 71.1. The van der Waals surface area contributed by atoms with Crippen LogP contribution in [0.1, 0.15) is 414 Å². The first-order valence-corrected chi connectivity index (χ1v) is 44.0. The van der Waals surface area contributed by atoms with Gasteiger partial charge < -0.3 is 33.8 Å². The molecule has 0 aliphatic heterocycles. The van der Waals surface area contributed by atoms with Crippen LogP contribution >= 0.6 is 15.6 Å². The number of hydrogen-bond donors (Lipinski definition) is 3. The van der Waals surface area contributed by atoms with E-state index in [1.165, 1.54) is 231 Å². The summed E-state index contributed by atoms with van der Waals surface area (Å²) in [6.45, 7) is 9.59. The standard InChI is InChI=1S/C79H154O17P2/c1-7-10-12-14-16-18-20-22-23-24-25-26-27-28-29-31-33-37-45-51-57-63-78(83)95-74(67-89-76(81)61-55-49-43-36-32-30-21-19-17-15-13-11-8-2)69-93-97(85,86)91-65-73(80)66-92-98(87,88)94-70-75(96-79(84)64-58-52-46-38-34-35-41-47-53-59-71(4)5)68-90-77(82)62-56-50-44-40-39-42-48-54-60-72(6)9-3/h71-75,80H,7-70H2,1-6H3,(H,85,86)(H,87,88)/t72?,73-,74-,75-/m1/s1. The molecule has 6 atom stereocenters. The third-order valence-electron chi connectivity index (χ3n) is 18.8. The molecular formula is C79H154O17P2. The van der Waals surface area contributed by atoms with Gasteiger partial charge in [-0.25, -0.2) is 9.13 Å². The Balaban J connectivity index is 5.22. The quantitative estimate of drug-likeness (QED) is 0.0222. The first kappa shape index (κ1) is 96.1. The highest BCUT2D eigenvalue weighted by Gasteiger charge is 2.30. The number of phosphoric ester groups is 2. The maximum Gasteiger partial charge on any atom is 0.472 e. The van der Waals surface area contributed by atoms with Crippen LogP contribution < -0.4 is 0 Å². The smallest absolute Gasteiger partial charge is 0.462 e. The van der Waals surface area contributed by atoms with Crippen LogP contribution in [0.5, 0.6) is 0 Å². The van der Waals surface area contributed by atoms with Crippen molar-refractivity contribution in [2.75, 3.05) is 39.6 Å². The lowest BCUT2D eigenvalue weighted by molar-refractivity contribution is -0.161. The Morgan fingerprint density at radius 1 is 0.296 bits per heavy atom. The molecule has 0 fully saturated rings. The van der Waals surface area contributed by atoms with E-state index in [1.807, 2.05) is 0 Å². The molecule has 0 aliphatic carbocycles. The molecule has 0 spiro atoms. The molecule has 0 aromatic heterocycles. The van der Waals surface area contributed by atoms with Gasteiger partial charge in [0.25, 0.3) is 0 Å². The molecule has 3 N–H and O–H groups in total. The molecule has 0 heterocycles. The van der Waals surface area contributed by atoms with Gasteiger partial charge in [-0.15, -0.1) is 0 Å². The molecule has 0 radical (unpaired) electrons. The second-order valence-electron chi connectivity index (χ2n) is 29.2. The molecular weight excluding hydrogens is 1280 g/mol. The van der Waals surface area contributed by atoms with Gasteiger partial charge in [0, 0.05) is 25.7 Å². The van der Waals surface area contributed by atoms with E-state index in [9.17, 15) is 43.2 Å². The Hall–Kier alpha value is -1.94. The van der Waals surface area contributed by atoms with Crippen LogP contribution in [-0.4, -0.2) is 96.7 Å². The van der Waals surface area contributed by atoms with Crippen LogP contribution in [0.15, 0.2) is 0 Å². The molecule has 3 unspecified atom stereocenters. The normalized spacial score (nSPS) is 14.2.